The fourth-order valence-corrected chi connectivity index (χ4v) is 5.43. The number of carbonyl (C=O) groups is 2. The number of thioether (sulfide) groups is 1. The average Bonchev–Trinajstić information content (AvgIpc) is 3.01. The summed E-state index contributed by atoms with van der Waals surface area (Å²) in [6, 6.07) is 16.2. The van der Waals surface area contributed by atoms with Crippen molar-refractivity contribution in [1.29, 1.82) is 0 Å². The summed E-state index contributed by atoms with van der Waals surface area (Å²) < 4.78 is 20.5. The molecule has 162 valence electrons. The summed E-state index contributed by atoms with van der Waals surface area (Å²) in [6.07, 6.45) is 1.65. The Kier molecular flexibility index (Phi) is 7.05. The lowest BCUT2D eigenvalue weighted by atomic mass is 10.2. The van der Waals surface area contributed by atoms with Crippen molar-refractivity contribution in [1.82, 2.24) is 0 Å². The second-order valence-electron chi connectivity index (χ2n) is 6.73. The van der Waals surface area contributed by atoms with Gasteiger partial charge in [-0.15, -0.1) is 0 Å². The summed E-state index contributed by atoms with van der Waals surface area (Å²) >= 11 is 13.7. The van der Waals surface area contributed by atoms with Gasteiger partial charge in [0.1, 0.15) is 18.2 Å². The SMILES string of the molecule is O=C1S/C(=C/c2cc(Br)c(OCc3cccc(F)c3)c(Br)c2)C(=O)N1c1ccc(Cl)cc1. The third-order valence-electron chi connectivity index (χ3n) is 4.47. The van der Waals surface area contributed by atoms with Gasteiger partial charge < -0.3 is 4.74 Å². The molecule has 1 aliphatic rings. The summed E-state index contributed by atoms with van der Waals surface area (Å²) in [5.74, 6) is -0.186. The number of hydrogen-bond donors (Lipinski definition) is 0. The highest BCUT2D eigenvalue weighted by Gasteiger charge is 2.36. The molecule has 4 nitrogen and oxygen atoms in total. The molecule has 2 amide bonds. The molecular formula is C23H13Br2ClFNO3S. The molecule has 0 saturated carbocycles. The van der Waals surface area contributed by atoms with Gasteiger partial charge in [-0.25, -0.2) is 9.29 Å². The number of amides is 2. The molecule has 0 bridgehead atoms. The van der Waals surface area contributed by atoms with Crippen LogP contribution in [-0.4, -0.2) is 11.1 Å². The van der Waals surface area contributed by atoms with Gasteiger partial charge >= 0.3 is 0 Å². The van der Waals surface area contributed by atoms with Gasteiger partial charge in [-0.1, -0.05) is 23.7 Å². The molecule has 4 rings (SSSR count). The zero-order valence-electron chi connectivity index (χ0n) is 16.2. The van der Waals surface area contributed by atoms with E-state index in [1.807, 2.05) is 0 Å². The Labute approximate surface area is 209 Å². The van der Waals surface area contributed by atoms with E-state index in [0.29, 0.717) is 41.4 Å². The molecule has 1 saturated heterocycles. The largest absolute Gasteiger partial charge is 0.487 e. The van der Waals surface area contributed by atoms with Crippen molar-refractivity contribution >= 4 is 78.1 Å². The third kappa shape index (κ3) is 5.09. The van der Waals surface area contributed by atoms with E-state index >= 15 is 0 Å². The molecule has 0 spiro atoms. The summed E-state index contributed by atoms with van der Waals surface area (Å²) in [7, 11) is 0. The molecule has 0 radical (unpaired) electrons. The van der Waals surface area contributed by atoms with E-state index in [1.54, 1.807) is 54.6 Å². The minimum atomic E-state index is -0.402. The van der Waals surface area contributed by atoms with Crippen LogP contribution in [0.15, 0.2) is 74.5 Å². The van der Waals surface area contributed by atoms with Crippen LogP contribution in [0.25, 0.3) is 6.08 Å². The maximum Gasteiger partial charge on any atom is 0.298 e. The Morgan fingerprint density at radius 3 is 2.38 bits per heavy atom. The number of nitrogens with zero attached hydrogens (tertiary/aromatic N) is 1. The minimum absolute atomic E-state index is 0.189. The van der Waals surface area contributed by atoms with Crippen molar-refractivity contribution in [3.05, 3.63) is 96.5 Å². The van der Waals surface area contributed by atoms with Crippen molar-refractivity contribution in [3.8, 4) is 5.75 Å². The van der Waals surface area contributed by atoms with Crippen LogP contribution in [0.1, 0.15) is 11.1 Å². The summed E-state index contributed by atoms with van der Waals surface area (Å²) in [5.41, 5.74) is 1.86. The standard InChI is InChI=1S/C23H13Br2ClFNO3S/c24-18-9-14(10-19(25)21(18)31-12-13-2-1-3-16(27)8-13)11-20-22(29)28(23(30)32-20)17-6-4-15(26)5-7-17/h1-11H,12H2/b20-11+. The molecule has 32 heavy (non-hydrogen) atoms. The van der Waals surface area contributed by atoms with Gasteiger partial charge in [-0.3, -0.25) is 9.59 Å². The lowest BCUT2D eigenvalue weighted by Gasteiger charge is -2.12. The van der Waals surface area contributed by atoms with E-state index in [-0.39, 0.29) is 17.7 Å². The van der Waals surface area contributed by atoms with Crippen LogP contribution in [0.2, 0.25) is 5.02 Å². The maximum atomic E-state index is 13.4. The first-order valence-electron chi connectivity index (χ1n) is 9.21. The number of rotatable bonds is 5. The predicted octanol–water partition coefficient (Wildman–Crippen LogP) is 7.82. The van der Waals surface area contributed by atoms with E-state index in [1.165, 1.54) is 12.1 Å². The second kappa shape index (κ2) is 9.79. The quantitative estimate of drug-likeness (QED) is 0.282. The molecule has 0 atom stereocenters. The molecule has 1 fully saturated rings. The van der Waals surface area contributed by atoms with E-state index in [9.17, 15) is 14.0 Å². The van der Waals surface area contributed by atoms with E-state index in [0.717, 1.165) is 16.7 Å². The molecule has 3 aromatic carbocycles. The van der Waals surface area contributed by atoms with E-state index in [2.05, 4.69) is 31.9 Å². The van der Waals surface area contributed by atoms with Crippen LogP contribution in [-0.2, 0) is 11.4 Å². The van der Waals surface area contributed by atoms with Gasteiger partial charge in [0.25, 0.3) is 11.1 Å². The summed E-state index contributed by atoms with van der Waals surface area (Å²) in [5, 5.41) is 0.141. The van der Waals surface area contributed by atoms with E-state index < -0.39 is 5.91 Å². The normalized spacial score (nSPS) is 15.0. The third-order valence-corrected chi connectivity index (χ3v) is 6.77. The first-order valence-corrected chi connectivity index (χ1v) is 12.0. The van der Waals surface area contributed by atoms with Gasteiger partial charge in [-0.05, 0) is 109 Å². The number of imide groups is 1. The highest BCUT2D eigenvalue weighted by Crippen LogP contribution is 2.39. The lowest BCUT2D eigenvalue weighted by Crippen LogP contribution is -2.27. The van der Waals surface area contributed by atoms with Crippen LogP contribution in [0.3, 0.4) is 0 Å². The first-order chi connectivity index (χ1) is 15.3. The zero-order valence-corrected chi connectivity index (χ0v) is 20.9. The zero-order chi connectivity index (χ0) is 22.8. The van der Waals surface area contributed by atoms with Gasteiger partial charge in [0.05, 0.1) is 19.5 Å². The highest BCUT2D eigenvalue weighted by atomic mass is 79.9. The number of anilines is 1. The van der Waals surface area contributed by atoms with Gasteiger partial charge in [-0.2, -0.15) is 0 Å². The second-order valence-corrected chi connectivity index (χ2v) is 9.86. The molecule has 0 aromatic heterocycles. The molecule has 9 heteroatoms. The Hall–Kier alpha value is -2.13. The van der Waals surface area contributed by atoms with Gasteiger partial charge in [0, 0.05) is 5.02 Å². The van der Waals surface area contributed by atoms with Crippen LogP contribution < -0.4 is 9.64 Å². The smallest absolute Gasteiger partial charge is 0.298 e. The molecule has 0 aliphatic carbocycles. The number of benzene rings is 3. The lowest BCUT2D eigenvalue weighted by molar-refractivity contribution is -0.113. The summed E-state index contributed by atoms with van der Waals surface area (Å²) in [6.45, 7) is 0.189. The fraction of sp³-hybridized carbons (Fsp3) is 0.0435. The molecule has 0 N–H and O–H groups in total. The molecule has 3 aromatic rings. The molecule has 1 heterocycles. The molecular weight excluding hydrogens is 585 g/mol. The Balaban J connectivity index is 1.54. The van der Waals surface area contributed by atoms with Gasteiger partial charge in [0.2, 0.25) is 0 Å². The van der Waals surface area contributed by atoms with Crippen molar-refractivity contribution in [2.75, 3.05) is 4.90 Å². The first kappa shape index (κ1) is 23.0. The Morgan fingerprint density at radius 2 is 1.72 bits per heavy atom. The average molecular weight is 598 g/mol. The number of halogens is 4. The predicted molar refractivity (Wildman–Crippen MR) is 132 cm³/mol. The minimum Gasteiger partial charge on any atom is -0.487 e. The number of hydrogen-bond acceptors (Lipinski definition) is 4. The van der Waals surface area contributed by atoms with Crippen molar-refractivity contribution in [2.24, 2.45) is 0 Å². The molecule has 0 unspecified atom stereocenters. The van der Waals surface area contributed by atoms with Crippen LogP contribution in [0, 0.1) is 5.82 Å². The fourth-order valence-electron chi connectivity index (χ4n) is 3.01. The van der Waals surface area contributed by atoms with Crippen molar-refractivity contribution < 1.29 is 18.7 Å². The maximum absolute atomic E-state index is 13.4. The monoisotopic (exact) mass is 595 g/mol. The Bertz CT molecular complexity index is 1230. The highest BCUT2D eigenvalue weighted by molar-refractivity contribution is 9.11. The van der Waals surface area contributed by atoms with Crippen LogP contribution in [0.5, 0.6) is 5.75 Å². The number of ether oxygens (including phenoxy) is 1. The molecule has 1 aliphatic heterocycles. The topological polar surface area (TPSA) is 46.6 Å². The Morgan fingerprint density at radius 1 is 1.03 bits per heavy atom. The van der Waals surface area contributed by atoms with Crippen molar-refractivity contribution in [3.63, 3.8) is 0 Å². The van der Waals surface area contributed by atoms with Gasteiger partial charge in [0.15, 0.2) is 0 Å². The summed E-state index contributed by atoms with van der Waals surface area (Å²) in [4.78, 5) is 26.7. The van der Waals surface area contributed by atoms with Crippen LogP contribution >= 0.6 is 55.2 Å². The van der Waals surface area contributed by atoms with Crippen molar-refractivity contribution in [2.45, 2.75) is 6.61 Å². The van der Waals surface area contributed by atoms with Crippen LogP contribution in [0.4, 0.5) is 14.9 Å². The number of carbonyl (C=O) groups excluding carboxylic acids is 2. The van der Waals surface area contributed by atoms with E-state index in [4.69, 9.17) is 16.3 Å².